The lowest BCUT2D eigenvalue weighted by Gasteiger charge is -2.09. The molecule has 0 amide bonds. The zero-order valence-corrected chi connectivity index (χ0v) is 12.3. The predicted molar refractivity (Wildman–Crippen MR) is 78.5 cm³/mol. The van der Waals surface area contributed by atoms with Crippen LogP contribution in [0, 0.1) is 0 Å². The number of halogens is 1. The summed E-state index contributed by atoms with van der Waals surface area (Å²) in [6.07, 6.45) is 0. The summed E-state index contributed by atoms with van der Waals surface area (Å²) in [6.45, 7) is 0. The zero-order valence-electron chi connectivity index (χ0n) is 9.91. The molecule has 2 aromatic carbocycles. The molecule has 98 valence electrons. The topological polar surface area (TPSA) is 34.1 Å². The first-order valence-corrected chi connectivity index (χ1v) is 8.71. The standard InChI is InChI=1S/C14H11ClO2S2/c15-10-5-7-11(8-6-10)18-13-9-19(16,17)14-4-2-1-3-12(13)14/h1-8,13H,9H2/t13-/m0/s1. The maximum atomic E-state index is 12.1. The van der Waals surface area contributed by atoms with Crippen molar-refractivity contribution in [2.45, 2.75) is 15.0 Å². The van der Waals surface area contributed by atoms with Crippen LogP contribution in [0.2, 0.25) is 5.02 Å². The van der Waals surface area contributed by atoms with Crippen LogP contribution in [0.15, 0.2) is 58.3 Å². The molecule has 3 rings (SSSR count). The van der Waals surface area contributed by atoms with Gasteiger partial charge >= 0.3 is 0 Å². The van der Waals surface area contributed by atoms with E-state index < -0.39 is 9.84 Å². The highest BCUT2D eigenvalue weighted by atomic mass is 35.5. The van der Waals surface area contributed by atoms with Gasteiger partial charge in [-0.1, -0.05) is 29.8 Å². The van der Waals surface area contributed by atoms with Gasteiger partial charge in [-0.05, 0) is 35.9 Å². The number of hydrogen-bond acceptors (Lipinski definition) is 3. The SMILES string of the molecule is O=S1(=O)C[C@H](Sc2ccc(Cl)cc2)c2ccccc21. The van der Waals surface area contributed by atoms with Crippen LogP contribution in [0.25, 0.3) is 0 Å². The van der Waals surface area contributed by atoms with E-state index in [1.54, 1.807) is 23.9 Å². The van der Waals surface area contributed by atoms with E-state index in [1.165, 1.54) is 0 Å². The van der Waals surface area contributed by atoms with E-state index in [9.17, 15) is 8.42 Å². The van der Waals surface area contributed by atoms with Crippen LogP contribution >= 0.6 is 23.4 Å². The second-order valence-corrected chi connectivity index (χ2v) is 8.09. The Bertz CT molecular complexity index is 708. The minimum absolute atomic E-state index is 0.0395. The van der Waals surface area contributed by atoms with Crippen molar-refractivity contribution >= 4 is 33.2 Å². The van der Waals surface area contributed by atoms with Gasteiger partial charge in [0.25, 0.3) is 0 Å². The Labute approximate surface area is 121 Å². The second-order valence-electron chi connectivity index (χ2n) is 4.38. The van der Waals surface area contributed by atoms with Crippen molar-refractivity contribution in [2.24, 2.45) is 0 Å². The molecule has 0 radical (unpaired) electrons. The highest BCUT2D eigenvalue weighted by Crippen LogP contribution is 2.44. The lowest BCUT2D eigenvalue weighted by molar-refractivity contribution is 0.600. The van der Waals surface area contributed by atoms with Crippen LogP contribution < -0.4 is 0 Å². The average molecular weight is 311 g/mol. The van der Waals surface area contributed by atoms with E-state index in [4.69, 9.17) is 11.6 Å². The Hall–Kier alpha value is -0.970. The van der Waals surface area contributed by atoms with Gasteiger partial charge in [0, 0.05) is 9.92 Å². The van der Waals surface area contributed by atoms with Gasteiger partial charge in [0.2, 0.25) is 0 Å². The van der Waals surface area contributed by atoms with Crippen molar-refractivity contribution in [1.82, 2.24) is 0 Å². The summed E-state index contributed by atoms with van der Waals surface area (Å²) in [5, 5.41) is 0.645. The first kappa shape index (κ1) is 13.0. The maximum Gasteiger partial charge on any atom is 0.180 e. The molecule has 0 saturated heterocycles. The van der Waals surface area contributed by atoms with Gasteiger partial charge in [0.1, 0.15) is 0 Å². The lowest BCUT2D eigenvalue weighted by Crippen LogP contribution is -2.00. The number of fused-ring (bicyclic) bond motifs is 1. The van der Waals surface area contributed by atoms with E-state index in [1.807, 2.05) is 36.4 Å². The fourth-order valence-electron chi connectivity index (χ4n) is 2.18. The lowest BCUT2D eigenvalue weighted by atomic mass is 10.2. The van der Waals surface area contributed by atoms with Gasteiger partial charge in [0.05, 0.1) is 15.9 Å². The normalized spacial score (nSPS) is 20.2. The Morgan fingerprint density at radius 1 is 1.05 bits per heavy atom. The van der Waals surface area contributed by atoms with Gasteiger partial charge in [-0.15, -0.1) is 11.8 Å². The molecule has 0 unspecified atom stereocenters. The molecule has 1 aliphatic heterocycles. The quantitative estimate of drug-likeness (QED) is 0.842. The summed E-state index contributed by atoms with van der Waals surface area (Å²) in [5.74, 6) is 0.166. The van der Waals surface area contributed by atoms with Crippen molar-refractivity contribution in [3.05, 3.63) is 59.1 Å². The fraction of sp³-hybridized carbons (Fsp3) is 0.143. The van der Waals surface area contributed by atoms with Gasteiger partial charge in [-0.3, -0.25) is 0 Å². The molecule has 0 bridgehead atoms. The van der Waals surface area contributed by atoms with Gasteiger partial charge in [0.15, 0.2) is 9.84 Å². The van der Waals surface area contributed by atoms with E-state index in [2.05, 4.69) is 0 Å². The zero-order chi connectivity index (χ0) is 13.5. The third kappa shape index (κ3) is 2.53. The van der Waals surface area contributed by atoms with Crippen molar-refractivity contribution < 1.29 is 8.42 Å². The number of rotatable bonds is 2. The number of benzene rings is 2. The van der Waals surface area contributed by atoms with Gasteiger partial charge < -0.3 is 0 Å². The Kier molecular flexibility index (Phi) is 3.33. The maximum absolute atomic E-state index is 12.1. The molecule has 1 heterocycles. The number of sulfone groups is 1. The van der Waals surface area contributed by atoms with Crippen LogP contribution in [0.1, 0.15) is 10.8 Å². The van der Waals surface area contributed by atoms with Crippen LogP contribution in [0.5, 0.6) is 0 Å². The summed E-state index contributed by atoms with van der Waals surface area (Å²) in [5.41, 5.74) is 0.905. The summed E-state index contributed by atoms with van der Waals surface area (Å²) >= 11 is 7.42. The van der Waals surface area contributed by atoms with Crippen LogP contribution in [-0.4, -0.2) is 14.2 Å². The summed E-state index contributed by atoms with van der Waals surface area (Å²) in [7, 11) is -3.13. The molecular weight excluding hydrogens is 300 g/mol. The third-order valence-electron chi connectivity index (χ3n) is 3.06. The van der Waals surface area contributed by atoms with E-state index >= 15 is 0 Å². The molecule has 0 fully saturated rings. The smallest absolute Gasteiger partial charge is 0.180 e. The summed E-state index contributed by atoms with van der Waals surface area (Å²) in [4.78, 5) is 1.50. The van der Waals surface area contributed by atoms with E-state index in [-0.39, 0.29) is 11.0 Å². The van der Waals surface area contributed by atoms with E-state index in [0.29, 0.717) is 9.92 Å². The molecule has 0 aliphatic carbocycles. The van der Waals surface area contributed by atoms with Crippen molar-refractivity contribution in [1.29, 1.82) is 0 Å². The monoisotopic (exact) mass is 310 g/mol. The predicted octanol–water partition coefficient (Wildman–Crippen LogP) is 3.96. The first-order chi connectivity index (χ1) is 9.06. The summed E-state index contributed by atoms with van der Waals surface area (Å²) in [6, 6.07) is 14.7. The molecule has 0 aromatic heterocycles. The van der Waals surface area contributed by atoms with Crippen LogP contribution in [-0.2, 0) is 9.84 Å². The Morgan fingerprint density at radius 3 is 2.47 bits per heavy atom. The molecule has 0 saturated carbocycles. The van der Waals surface area contributed by atoms with Crippen LogP contribution in [0.3, 0.4) is 0 Å². The fourth-order valence-corrected chi connectivity index (χ4v) is 5.76. The third-order valence-corrected chi connectivity index (χ3v) is 6.59. The van der Waals surface area contributed by atoms with Gasteiger partial charge in [-0.25, -0.2) is 8.42 Å². The molecule has 2 aromatic rings. The first-order valence-electron chi connectivity index (χ1n) is 5.80. The van der Waals surface area contributed by atoms with Gasteiger partial charge in [-0.2, -0.15) is 0 Å². The largest absolute Gasteiger partial charge is 0.224 e. The Balaban J connectivity index is 1.94. The molecule has 1 aliphatic rings. The molecule has 0 N–H and O–H groups in total. The van der Waals surface area contributed by atoms with E-state index in [0.717, 1.165) is 10.5 Å². The summed E-state index contributed by atoms with van der Waals surface area (Å²) < 4.78 is 24.1. The average Bonchev–Trinajstić information content (AvgIpc) is 2.65. The molecular formula is C14H11ClO2S2. The molecule has 19 heavy (non-hydrogen) atoms. The van der Waals surface area contributed by atoms with Crippen molar-refractivity contribution in [3.63, 3.8) is 0 Å². The molecule has 0 spiro atoms. The second kappa shape index (κ2) is 4.85. The van der Waals surface area contributed by atoms with Crippen molar-refractivity contribution in [2.75, 3.05) is 5.75 Å². The number of thioether (sulfide) groups is 1. The minimum atomic E-state index is -3.13. The van der Waals surface area contributed by atoms with Crippen LogP contribution in [0.4, 0.5) is 0 Å². The molecule has 2 nitrogen and oxygen atoms in total. The Morgan fingerprint density at radius 2 is 1.74 bits per heavy atom. The van der Waals surface area contributed by atoms with Crippen molar-refractivity contribution in [3.8, 4) is 0 Å². The minimum Gasteiger partial charge on any atom is -0.224 e. The molecule has 5 heteroatoms. The molecule has 1 atom stereocenters. The number of hydrogen-bond donors (Lipinski definition) is 0. The highest BCUT2D eigenvalue weighted by Gasteiger charge is 2.34. The highest BCUT2D eigenvalue weighted by molar-refractivity contribution is 8.01.